The van der Waals surface area contributed by atoms with E-state index in [0.29, 0.717) is 4.91 Å². The van der Waals surface area contributed by atoms with E-state index in [-0.39, 0.29) is 0 Å². The number of nitrogens with two attached hydrogens (primary N) is 1. The maximum atomic E-state index is 11.1. The fraction of sp³-hybridized carbons (Fsp3) is 0. The Bertz CT molecular complexity index is 351. The quantitative estimate of drug-likeness (QED) is 0.730. The Morgan fingerprint density at radius 2 is 1.93 bits per heavy atom. The van der Waals surface area contributed by atoms with E-state index in [1.54, 1.807) is 28.9 Å². The van der Waals surface area contributed by atoms with E-state index in [0.717, 1.165) is 4.24 Å². The van der Waals surface area contributed by atoms with E-state index in [2.05, 4.69) is 4.84 Å². The van der Waals surface area contributed by atoms with Gasteiger partial charge in [0.25, 0.3) is 0 Å². The predicted molar refractivity (Wildman–Crippen MR) is 64.9 cm³/mol. The van der Waals surface area contributed by atoms with Crippen molar-refractivity contribution in [2.24, 2.45) is 5.90 Å². The van der Waals surface area contributed by atoms with Crippen molar-refractivity contribution in [3.05, 3.63) is 29.6 Å². The van der Waals surface area contributed by atoms with E-state index in [1.165, 1.54) is 27.8 Å². The highest BCUT2D eigenvalue weighted by atomic mass is 32.2. The highest BCUT2D eigenvalue weighted by Crippen LogP contribution is 2.53. The molecule has 0 aromatic carbocycles. The molecule has 74 valence electrons. The summed E-state index contributed by atoms with van der Waals surface area (Å²) in [6.07, 6.45) is 0. The van der Waals surface area contributed by atoms with Crippen LogP contribution in [-0.4, -0.2) is 5.97 Å². The number of carbonyl (C=O) groups is 1. The largest absolute Gasteiger partial charge is 0.369 e. The maximum absolute atomic E-state index is 11.1. The summed E-state index contributed by atoms with van der Waals surface area (Å²) in [5.41, 5.74) is 0. The highest BCUT2D eigenvalue weighted by molar-refractivity contribution is 8.33. The van der Waals surface area contributed by atoms with Crippen LogP contribution in [0.25, 0.3) is 0 Å². The standard InChI is InChI=1S/C7H5NO2S4/c8-10-5(9)4-3-13-7(14-4)6-11-1-2-12-6/h1-3H,8H2. The SMILES string of the molecule is NOC(=O)C1=CSC(=C2SC=CS2)S1. The normalized spacial score (nSPS) is 20.2. The molecule has 0 aromatic heterocycles. The minimum Gasteiger partial charge on any atom is -0.369 e. The zero-order valence-electron chi connectivity index (χ0n) is 6.76. The van der Waals surface area contributed by atoms with Crippen molar-refractivity contribution in [2.75, 3.05) is 0 Å². The fourth-order valence-electron chi connectivity index (χ4n) is 0.796. The first-order chi connectivity index (χ1) is 6.81. The molecule has 3 nitrogen and oxygen atoms in total. The number of hydrogen-bond acceptors (Lipinski definition) is 7. The van der Waals surface area contributed by atoms with Crippen molar-refractivity contribution in [1.82, 2.24) is 0 Å². The third kappa shape index (κ3) is 2.17. The maximum Gasteiger partial charge on any atom is 0.364 e. The Morgan fingerprint density at radius 3 is 2.57 bits per heavy atom. The third-order valence-corrected chi connectivity index (χ3v) is 6.36. The van der Waals surface area contributed by atoms with Gasteiger partial charge in [0.2, 0.25) is 0 Å². The molecule has 0 fully saturated rings. The van der Waals surface area contributed by atoms with Crippen LogP contribution in [0.5, 0.6) is 0 Å². The van der Waals surface area contributed by atoms with Gasteiger partial charge in [0, 0.05) is 0 Å². The van der Waals surface area contributed by atoms with Crippen molar-refractivity contribution < 1.29 is 9.63 Å². The lowest BCUT2D eigenvalue weighted by Gasteiger charge is -2.00. The lowest BCUT2D eigenvalue weighted by molar-refractivity contribution is -0.138. The summed E-state index contributed by atoms with van der Waals surface area (Å²) in [5.74, 6) is 4.33. The Kier molecular flexibility index (Phi) is 3.56. The number of hydrogen-bond donors (Lipinski definition) is 1. The average molecular weight is 263 g/mol. The number of rotatable bonds is 1. The Hall–Kier alpha value is 0.0500. The van der Waals surface area contributed by atoms with Gasteiger partial charge in [0.1, 0.15) is 4.91 Å². The van der Waals surface area contributed by atoms with Crippen LogP contribution >= 0.6 is 47.0 Å². The van der Waals surface area contributed by atoms with Crippen LogP contribution in [0.1, 0.15) is 0 Å². The van der Waals surface area contributed by atoms with Gasteiger partial charge in [-0.1, -0.05) is 47.0 Å². The van der Waals surface area contributed by atoms with Crippen molar-refractivity contribution in [3.8, 4) is 0 Å². The molecule has 2 aliphatic rings. The summed E-state index contributed by atoms with van der Waals surface area (Å²) in [6, 6.07) is 0. The molecule has 0 aromatic rings. The molecule has 0 bridgehead atoms. The zero-order chi connectivity index (χ0) is 9.97. The van der Waals surface area contributed by atoms with Gasteiger partial charge in [-0.15, -0.1) is 0 Å². The molecule has 14 heavy (non-hydrogen) atoms. The van der Waals surface area contributed by atoms with Crippen LogP contribution in [0.3, 0.4) is 0 Å². The first kappa shape index (κ1) is 10.6. The van der Waals surface area contributed by atoms with Gasteiger partial charge >= 0.3 is 5.97 Å². The Balaban J connectivity index is 2.05. The van der Waals surface area contributed by atoms with Crippen LogP contribution < -0.4 is 5.90 Å². The minimum atomic E-state index is -0.473. The number of carbonyl (C=O) groups excluding carboxylic acids is 1. The smallest absolute Gasteiger partial charge is 0.364 e. The molecule has 0 radical (unpaired) electrons. The molecule has 7 heteroatoms. The van der Waals surface area contributed by atoms with Gasteiger partial charge in [-0.25, -0.2) is 4.79 Å². The highest BCUT2D eigenvalue weighted by Gasteiger charge is 2.23. The topological polar surface area (TPSA) is 52.3 Å². The molecule has 0 amide bonds. The van der Waals surface area contributed by atoms with Crippen LogP contribution in [0, 0.1) is 0 Å². The monoisotopic (exact) mass is 263 g/mol. The molecule has 0 atom stereocenters. The van der Waals surface area contributed by atoms with E-state index >= 15 is 0 Å². The summed E-state index contributed by atoms with van der Waals surface area (Å²) >= 11 is 6.27. The molecule has 0 unspecified atom stereocenters. The van der Waals surface area contributed by atoms with E-state index in [1.807, 2.05) is 10.8 Å². The van der Waals surface area contributed by atoms with Gasteiger partial charge < -0.3 is 4.84 Å². The summed E-state index contributed by atoms with van der Waals surface area (Å²) < 4.78 is 2.32. The van der Waals surface area contributed by atoms with Crippen LogP contribution in [0.4, 0.5) is 0 Å². The van der Waals surface area contributed by atoms with Crippen LogP contribution in [0.2, 0.25) is 0 Å². The average Bonchev–Trinajstić information content (AvgIpc) is 2.86. The summed E-state index contributed by atoms with van der Waals surface area (Å²) in [7, 11) is 0. The van der Waals surface area contributed by atoms with Crippen molar-refractivity contribution in [2.45, 2.75) is 0 Å². The predicted octanol–water partition coefficient (Wildman–Crippen LogP) is 2.80. The molecule has 2 heterocycles. The minimum absolute atomic E-state index is 0.473. The second kappa shape index (κ2) is 4.71. The van der Waals surface area contributed by atoms with Crippen LogP contribution in [-0.2, 0) is 9.63 Å². The van der Waals surface area contributed by atoms with Crippen LogP contribution in [0.15, 0.2) is 29.6 Å². The molecule has 0 saturated carbocycles. The number of thioether (sulfide) groups is 4. The molecular formula is C7H5NO2S4. The van der Waals surface area contributed by atoms with Crippen molar-refractivity contribution in [3.63, 3.8) is 0 Å². The van der Waals surface area contributed by atoms with Gasteiger partial charge in [0.15, 0.2) is 0 Å². The first-order valence-electron chi connectivity index (χ1n) is 3.49. The Labute approximate surface area is 97.9 Å². The summed E-state index contributed by atoms with van der Waals surface area (Å²) in [4.78, 5) is 15.8. The second-order valence-electron chi connectivity index (χ2n) is 2.19. The van der Waals surface area contributed by atoms with E-state index in [9.17, 15) is 4.79 Å². The second-order valence-corrected chi connectivity index (χ2v) is 6.47. The molecule has 0 saturated heterocycles. The summed E-state index contributed by atoms with van der Waals surface area (Å²) in [5, 5.41) is 5.81. The third-order valence-electron chi connectivity index (χ3n) is 1.36. The molecule has 0 aliphatic carbocycles. The first-order valence-corrected chi connectivity index (χ1v) is 6.95. The molecule has 2 rings (SSSR count). The molecule has 0 spiro atoms. The van der Waals surface area contributed by atoms with Gasteiger partial charge in [-0.3, -0.25) is 0 Å². The zero-order valence-corrected chi connectivity index (χ0v) is 10.0. The van der Waals surface area contributed by atoms with Crippen molar-refractivity contribution >= 4 is 53.0 Å². The summed E-state index contributed by atoms with van der Waals surface area (Å²) in [6.45, 7) is 0. The molecule has 2 N–H and O–H groups in total. The van der Waals surface area contributed by atoms with E-state index in [4.69, 9.17) is 5.90 Å². The van der Waals surface area contributed by atoms with Gasteiger partial charge in [0.05, 0.1) is 8.47 Å². The lowest BCUT2D eigenvalue weighted by Crippen LogP contribution is -2.09. The van der Waals surface area contributed by atoms with Gasteiger partial charge in [-0.05, 0) is 16.2 Å². The lowest BCUT2D eigenvalue weighted by atomic mass is 10.6. The fourth-order valence-corrected chi connectivity index (χ4v) is 5.12. The van der Waals surface area contributed by atoms with Crippen molar-refractivity contribution in [1.29, 1.82) is 0 Å². The van der Waals surface area contributed by atoms with E-state index < -0.39 is 5.97 Å². The molecular weight excluding hydrogens is 258 g/mol. The van der Waals surface area contributed by atoms with Gasteiger partial charge in [-0.2, -0.15) is 5.90 Å². The molecule has 2 aliphatic heterocycles. The Morgan fingerprint density at radius 1 is 1.21 bits per heavy atom.